The number of nitrogens with zero attached hydrogens (tertiary/aromatic N) is 2. The van der Waals surface area contributed by atoms with Crippen LogP contribution in [0.4, 0.5) is 5.82 Å². The van der Waals surface area contributed by atoms with Crippen molar-refractivity contribution in [3.63, 3.8) is 0 Å². The lowest BCUT2D eigenvalue weighted by atomic mass is 10.1. The average Bonchev–Trinajstić information content (AvgIpc) is 3.07. The van der Waals surface area contributed by atoms with E-state index in [0.717, 1.165) is 11.3 Å². The molecule has 0 bridgehead atoms. The van der Waals surface area contributed by atoms with Crippen LogP contribution in [0.5, 0.6) is 0 Å². The zero-order chi connectivity index (χ0) is 18.0. The minimum absolute atomic E-state index is 0.0836. The number of aryl methyl sites for hydroxylation is 3. The largest absolute Gasteiger partial charge is 0.311 e. The van der Waals surface area contributed by atoms with E-state index in [1.54, 1.807) is 10.7 Å². The van der Waals surface area contributed by atoms with Crippen molar-refractivity contribution in [1.29, 1.82) is 0 Å². The van der Waals surface area contributed by atoms with E-state index in [4.69, 9.17) is 0 Å². The normalized spacial score (nSPS) is 19.0. The van der Waals surface area contributed by atoms with Gasteiger partial charge in [-0.15, -0.1) is 0 Å². The number of carbonyl (C=O) groups excluding carboxylic acids is 1. The molecule has 1 atom stereocenters. The number of aromatic nitrogens is 2. The number of nitrogens with one attached hydrogen (secondary N) is 1. The molecule has 0 spiro atoms. The van der Waals surface area contributed by atoms with Gasteiger partial charge in [-0.1, -0.05) is 29.8 Å². The van der Waals surface area contributed by atoms with E-state index >= 15 is 0 Å². The third-order valence-corrected chi connectivity index (χ3v) is 6.15. The second-order valence-electron chi connectivity index (χ2n) is 6.71. The van der Waals surface area contributed by atoms with E-state index in [0.29, 0.717) is 25.1 Å². The zero-order valence-corrected chi connectivity index (χ0v) is 15.3. The molecule has 1 aliphatic rings. The molecule has 0 unspecified atom stereocenters. The van der Waals surface area contributed by atoms with Crippen molar-refractivity contribution in [3.8, 4) is 0 Å². The van der Waals surface area contributed by atoms with Crippen LogP contribution < -0.4 is 5.32 Å². The molecule has 134 valence electrons. The highest BCUT2D eigenvalue weighted by molar-refractivity contribution is 7.91. The Labute approximate surface area is 148 Å². The molecule has 0 saturated carbocycles. The molecule has 2 heterocycles. The van der Waals surface area contributed by atoms with E-state index in [2.05, 4.69) is 16.5 Å². The second-order valence-corrected chi connectivity index (χ2v) is 8.94. The first-order valence-corrected chi connectivity index (χ1v) is 10.3. The number of anilines is 1. The number of carbonyl (C=O) groups is 1. The fourth-order valence-corrected chi connectivity index (χ4v) is 4.88. The summed E-state index contributed by atoms with van der Waals surface area (Å²) in [7, 11) is -3.00. The summed E-state index contributed by atoms with van der Waals surface area (Å²) in [5.74, 6) is 0.745. The maximum absolute atomic E-state index is 12.3. The number of rotatable bonds is 5. The fraction of sp³-hybridized carbons (Fsp3) is 0.444. The number of amides is 1. The summed E-state index contributed by atoms with van der Waals surface area (Å²) < 4.78 is 25.1. The van der Waals surface area contributed by atoms with Gasteiger partial charge in [-0.05, 0) is 32.3 Å². The Kier molecular flexibility index (Phi) is 4.94. The van der Waals surface area contributed by atoms with E-state index < -0.39 is 9.84 Å². The van der Waals surface area contributed by atoms with Gasteiger partial charge < -0.3 is 5.32 Å². The first kappa shape index (κ1) is 17.7. The molecule has 0 aliphatic carbocycles. The molecule has 1 saturated heterocycles. The third kappa shape index (κ3) is 4.48. The highest BCUT2D eigenvalue weighted by Crippen LogP contribution is 2.27. The van der Waals surface area contributed by atoms with Crippen LogP contribution >= 0.6 is 0 Å². The van der Waals surface area contributed by atoms with Crippen LogP contribution in [0.15, 0.2) is 30.3 Å². The lowest BCUT2D eigenvalue weighted by Gasteiger charge is -2.13. The fourth-order valence-electron chi connectivity index (χ4n) is 3.19. The minimum atomic E-state index is -3.00. The van der Waals surface area contributed by atoms with Crippen LogP contribution in [0.2, 0.25) is 0 Å². The molecule has 6 nitrogen and oxygen atoms in total. The van der Waals surface area contributed by atoms with Gasteiger partial charge in [0.1, 0.15) is 5.82 Å². The highest BCUT2D eigenvalue weighted by atomic mass is 32.2. The molecule has 1 fully saturated rings. The molecule has 3 rings (SSSR count). The van der Waals surface area contributed by atoms with Gasteiger partial charge in [0.15, 0.2) is 9.84 Å². The average molecular weight is 361 g/mol. The van der Waals surface area contributed by atoms with Gasteiger partial charge in [0, 0.05) is 12.5 Å². The van der Waals surface area contributed by atoms with Crippen molar-refractivity contribution in [3.05, 3.63) is 47.2 Å². The summed E-state index contributed by atoms with van der Waals surface area (Å²) in [6, 6.07) is 9.69. The Morgan fingerprint density at radius 2 is 2.12 bits per heavy atom. The summed E-state index contributed by atoms with van der Waals surface area (Å²) >= 11 is 0. The molecular formula is C18H23N3O3S. The van der Waals surface area contributed by atoms with E-state index in [1.165, 1.54) is 5.56 Å². The number of hydrogen-bond acceptors (Lipinski definition) is 4. The van der Waals surface area contributed by atoms with Crippen molar-refractivity contribution in [1.82, 2.24) is 9.78 Å². The van der Waals surface area contributed by atoms with Crippen LogP contribution in [0, 0.1) is 13.8 Å². The first-order chi connectivity index (χ1) is 11.8. The summed E-state index contributed by atoms with van der Waals surface area (Å²) in [5.41, 5.74) is 3.06. The van der Waals surface area contributed by atoms with Crippen molar-refractivity contribution in [2.24, 2.45) is 0 Å². The van der Waals surface area contributed by atoms with Gasteiger partial charge in [-0.3, -0.25) is 4.79 Å². The molecular weight excluding hydrogens is 338 g/mol. The standard InChI is InChI=1S/C18H23N3O3S/c1-13-4-3-5-15(10-13)6-7-18(22)19-17-11-14(2)20-21(17)16-8-9-25(23,24)12-16/h3-5,10-11,16H,6-9,12H2,1-2H3,(H,19,22)/t16-/m0/s1. The van der Waals surface area contributed by atoms with Gasteiger partial charge in [0.2, 0.25) is 5.91 Å². The van der Waals surface area contributed by atoms with E-state index in [-0.39, 0.29) is 23.5 Å². The molecule has 1 aliphatic heterocycles. The molecule has 1 N–H and O–H groups in total. The maximum Gasteiger partial charge on any atom is 0.225 e. The Morgan fingerprint density at radius 3 is 2.80 bits per heavy atom. The first-order valence-electron chi connectivity index (χ1n) is 8.44. The summed E-state index contributed by atoms with van der Waals surface area (Å²) in [6.07, 6.45) is 1.57. The quantitative estimate of drug-likeness (QED) is 0.887. The monoisotopic (exact) mass is 361 g/mol. The zero-order valence-electron chi connectivity index (χ0n) is 14.5. The number of sulfone groups is 1. The lowest BCUT2D eigenvalue weighted by molar-refractivity contribution is -0.116. The Morgan fingerprint density at radius 1 is 1.32 bits per heavy atom. The van der Waals surface area contributed by atoms with Crippen molar-refractivity contribution >= 4 is 21.6 Å². The number of hydrogen-bond donors (Lipinski definition) is 1. The van der Waals surface area contributed by atoms with Gasteiger partial charge in [0.25, 0.3) is 0 Å². The van der Waals surface area contributed by atoms with Gasteiger partial charge >= 0.3 is 0 Å². The van der Waals surface area contributed by atoms with E-state index in [9.17, 15) is 13.2 Å². The second kappa shape index (κ2) is 7.00. The highest BCUT2D eigenvalue weighted by Gasteiger charge is 2.31. The minimum Gasteiger partial charge on any atom is -0.311 e. The summed E-state index contributed by atoms with van der Waals surface area (Å²) in [4.78, 5) is 12.3. The van der Waals surface area contributed by atoms with Crippen LogP contribution in [0.25, 0.3) is 0 Å². The molecule has 2 aromatic rings. The molecule has 7 heteroatoms. The van der Waals surface area contributed by atoms with Gasteiger partial charge in [-0.2, -0.15) is 5.10 Å². The van der Waals surface area contributed by atoms with E-state index in [1.807, 2.05) is 32.0 Å². The van der Waals surface area contributed by atoms with Crippen LogP contribution in [0.3, 0.4) is 0 Å². The third-order valence-electron chi connectivity index (χ3n) is 4.40. The Balaban J connectivity index is 1.65. The summed E-state index contributed by atoms with van der Waals surface area (Å²) in [6.45, 7) is 3.86. The van der Waals surface area contributed by atoms with Crippen molar-refractivity contribution in [2.45, 2.75) is 39.2 Å². The van der Waals surface area contributed by atoms with Crippen molar-refractivity contribution in [2.75, 3.05) is 16.8 Å². The van der Waals surface area contributed by atoms with Crippen molar-refractivity contribution < 1.29 is 13.2 Å². The smallest absolute Gasteiger partial charge is 0.225 e. The predicted molar refractivity (Wildman–Crippen MR) is 97.4 cm³/mol. The molecule has 1 amide bonds. The lowest BCUT2D eigenvalue weighted by Crippen LogP contribution is -2.19. The number of benzene rings is 1. The van der Waals surface area contributed by atoms with Gasteiger partial charge in [0.05, 0.1) is 23.2 Å². The Hall–Kier alpha value is -2.15. The SMILES string of the molecule is Cc1cccc(CCC(=O)Nc2cc(C)nn2[C@H]2CCS(=O)(=O)C2)c1. The van der Waals surface area contributed by atoms with Crippen LogP contribution in [0.1, 0.15) is 35.7 Å². The van der Waals surface area contributed by atoms with Crippen LogP contribution in [-0.2, 0) is 21.1 Å². The topological polar surface area (TPSA) is 81.1 Å². The molecule has 1 aromatic heterocycles. The predicted octanol–water partition coefficient (Wildman–Crippen LogP) is 2.43. The Bertz CT molecular complexity index is 887. The van der Waals surface area contributed by atoms with Gasteiger partial charge in [-0.25, -0.2) is 13.1 Å². The maximum atomic E-state index is 12.3. The molecule has 1 aromatic carbocycles. The summed E-state index contributed by atoms with van der Waals surface area (Å²) in [5, 5.41) is 7.27. The van der Waals surface area contributed by atoms with Crippen LogP contribution in [-0.4, -0.2) is 35.6 Å². The molecule has 0 radical (unpaired) electrons. The molecule has 25 heavy (non-hydrogen) atoms.